The Hall–Kier alpha value is -1.36. The Morgan fingerprint density at radius 1 is 1.62 bits per heavy atom. The second kappa shape index (κ2) is 5.65. The molecule has 0 radical (unpaired) electrons. The van der Waals surface area contributed by atoms with Crippen molar-refractivity contribution in [3.63, 3.8) is 0 Å². The lowest BCUT2D eigenvalue weighted by Crippen LogP contribution is -2.25. The van der Waals surface area contributed by atoms with Gasteiger partial charge in [0.1, 0.15) is 11.6 Å². The molecule has 1 unspecified atom stereocenters. The highest BCUT2D eigenvalue weighted by molar-refractivity contribution is 5.36. The molecule has 16 heavy (non-hydrogen) atoms. The first-order valence-electron chi connectivity index (χ1n) is 5.52. The Balaban J connectivity index is 2.78. The summed E-state index contributed by atoms with van der Waals surface area (Å²) in [6, 6.07) is 1.47. The molecular formula is C11H19N3O2. The summed E-state index contributed by atoms with van der Waals surface area (Å²) in [5, 5.41) is 9.19. The van der Waals surface area contributed by atoms with E-state index in [-0.39, 0.29) is 11.7 Å². The smallest absolute Gasteiger partial charge is 0.252 e. The summed E-state index contributed by atoms with van der Waals surface area (Å²) < 4.78 is 0. The normalized spacial score (nSPS) is 12.5. The molecule has 1 rings (SSSR count). The third-order valence-corrected chi connectivity index (χ3v) is 2.39. The lowest BCUT2D eigenvalue weighted by Gasteiger charge is -2.19. The Bertz CT molecular complexity index is 387. The summed E-state index contributed by atoms with van der Waals surface area (Å²) in [6.07, 6.45) is 1.02. The largest absolute Gasteiger partial charge is 0.393 e. The van der Waals surface area contributed by atoms with Crippen LogP contribution in [0.4, 0.5) is 5.82 Å². The molecule has 0 spiro atoms. The maximum absolute atomic E-state index is 11.3. The quantitative estimate of drug-likeness (QED) is 0.767. The Morgan fingerprint density at radius 3 is 2.88 bits per heavy atom. The molecular weight excluding hydrogens is 206 g/mol. The highest BCUT2D eigenvalue weighted by atomic mass is 16.3. The molecule has 0 fully saturated rings. The molecule has 0 saturated heterocycles. The van der Waals surface area contributed by atoms with E-state index < -0.39 is 0 Å². The van der Waals surface area contributed by atoms with Crippen molar-refractivity contribution in [1.82, 2.24) is 9.97 Å². The summed E-state index contributed by atoms with van der Waals surface area (Å²) in [6.45, 7) is 4.37. The Kier molecular flexibility index (Phi) is 4.49. The molecule has 1 heterocycles. The van der Waals surface area contributed by atoms with E-state index in [1.54, 1.807) is 6.92 Å². The second-order valence-electron chi connectivity index (χ2n) is 3.96. The van der Waals surface area contributed by atoms with Gasteiger partial charge in [-0.05, 0) is 13.3 Å². The minimum Gasteiger partial charge on any atom is -0.393 e. The van der Waals surface area contributed by atoms with Crippen LogP contribution >= 0.6 is 0 Å². The molecule has 0 saturated carbocycles. The molecule has 0 amide bonds. The first-order valence-corrected chi connectivity index (χ1v) is 5.52. The van der Waals surface area contributed by atoms with Crippen molar-refractivity contribution in [2.45, 2.75) is 32.8 Å². The number of aryl methyl sites for hydroxylation is 1. The minimum atomic E-state index is -0.338. The van der Waals surface area contributed by atoms with Crippen molar-refractivity contribution in [3.8, 4) is 0 Å². The van der Waals surface area contributed by atoms with Crippen LogP contribution < -0.4 is 10.5 Å². The van der Waals surface area contributed by atoms with Crippen molar-refractivity contribution in [2.24, 2.45) is 0 Å². The molecule has 90 valence electrons. The van der Waals surface area contributed by atoms with E-state index in [2.05, 4.69) is 9.97 Å². The van der Waals surface area contributed by atoms with Gasteiger partial charge in [0.2, 0.25) is 0 Å². The van der Waals surface area contributed by atoms with Gasteiger partial charge < -0.3 is 15.0 Å². The van der Waals surface area contributed by atoms with Gasteiger partial charge >= 0.3 is 0 Å². The van der Waals surface area contributed by atoms with E-state index in [9.17, 15) is 9.90 Å². The Labute approximate surface area is 95.1 Å². The molecule has 0 aliphatic heterocycles. The maximum Gasteiger partial charge on any atom is 0.252 e. The number of nitrogens with one attached hydrogen (secondary N) is 1. The third kappa shape index (κ3) is 3.66. The van der Waals surface area contributed by atoms with Gasteiger partial charge in [-0.1, -0.05) is 6.92 Å². The van der Waals surface area contributed by atoms with Crippen molar-refractivity contribution >= 4 is 5.82 Å². The number of anilines is 1. The van der Waals surface area contributed by atoms with Crippen LogP contribution in [0.3, 0.4) is 0 Å². The molecule has 0 aliphatic carbocycles. The minimum absolute atomic E-state index is 0.134. The van der Waals surface area contributed by atoms with Crippen LogP contribution in [0, 0.1) is 0 Å². The van der Waals surface area contributed by atoms with Gasteiger partial charge in [-0.25, -0.2) is 4.98 Å². The zero-order chi connectivity index (χ0) is 12.1. The van der Waals surface area contributed by atoms with Crippen LogP contribution in [0.25, 0.3) is 0 Å². The topological polar surface area (TPSA) is 69.2 Å². The molecule has 0 aliphatic rings. The summed E-state index contributed by atoms with van der Waals surface area (Å²) >= 11 is 0. The van der Waals surface area contributed by atoms with Gasteiger partial charge in [0.05, 0.1) is 6.10 Å². The van der Waals surface area contributed by atoms with Crippen LogP contribution in [-0.2, 0) is 6.42 Å². The van der Waals surface area contributed by atoms with Crippen LogP contribution in [0.2, 0.25) is 0 Å². The SMILES string of the molecule is CCc1nc(N(C)CCC(C)O)cc(=O)[nH]1. The van der Waals surface area contributed by atoms with E-state index in [1.807, 2.05) is 18.9 Å². The Morgan fingerprint density at radius 2 is 2.31 bits per heavy atom. The predicted molar refractivity (Wildman–Crippen MR) is 63.8 cm³/mol. The molecule has 0 aromatic carbocycles. The van der Waals surface area contributed by atoms with Gasteiger partial charge in [0, 0.05) is 26.1 Å². The van der Waals surface area contributed by atoms with E-state index in [0.717, 1.165) is 0 Å². The van der Waals surface area contributed by atoms with Gasteiger partial charge in [-0.3, -0.25) is 4.79 Å². The lowest BCUT2D eigenvalue weighted by atomic mass is 10.3. The number of aromatic amines is 1. The predicted octanol–water partition coefficient (Wildman–Crippen LogP) is 0.539. The van der Waals surface area contributed by atoms with Gasteiger partial charge in [-0.2, -0.15) is 0 Å². The number of rotatable bonds is 5. The number of H-pyrrole nitrogens is 1. The van der Waals surface area contributed by atoms with Gasteiger partial charge in [0.25, 0.3) is 5.56 Å². The first kappa shape index (κ1) is 12.7. The lowest BCUT2D eigenvalue weighted by molar-refractivity contribution is 0.187. The molecule has 0 bridgehead atoms. The van der Waals surface area contributed by atoms with Crippen LogP contribution in [-0.4, -0.2) is 34.8 Å². The number of nitrogens with zero attached hydrogens (tertiary/aromatic N) is 2. The number of aliphatic hydroxyl groups excluding tert-OH is 1. The summed E-state index contributed by atoms with van der Waals surface area (Å²) in [4.78, 5) is 20.2. The zero-order valence-electron chi connectivity index (χ0n) is 10.0. The van der Waals surface area contributed by atoms with Crippen LogP contribution in [0.5, 0.6) is 0 Å². The molecule has 1 aromatic heterocycles. The number of hydrogen-bond acceptors (Lipinski definition) is 4. The molecule has 2 N–H and O–H groups in total. The second-order valence-corrected chi connectivity index (χ2v) is 3.96. The van der Waals surface area contributed by atoms with Crippen molar-refractivity contribution in [2.75, 3.05) is 18.5 Å². The van der Waals surface area contributed by atoms with Crippen molar-refractivity contribution < 1.29 is 5.11 Å². The molecule has 5 nitrogen and oxygen atoms in total. The van der Waals surface area contributed by atoms with E-state index in [0.29, 0.717) is 31.0 Å². The number of hydrogen-bond donors (Lipinski definition) is 2. The van der Waals surface area contributed by atoms with Crippen molar-refractivity contribution in [3.05, 3.63) is 22.2 Å². The third-order valence-electron chi connectivity index (χ3n) is 2.39. The summed E-state index contributed by atoms with van der Waals surface area (Å²) in [5.41, 5.74) is -0.134. The number of aliphatic hydroxyl groups is 1. The molecule has 1 atom stereocenters. The van der Waals surface area contributed by atoms with E-state index in [4.69, 9.17) is 0 Å². The van der Waals surface area contributed by atoms with E-state index >= 15 is 0 Å². The highest BCUT2D eigenvalue weighted by Crippen LogP contribution is 2.07. The van der Waals surface area contributed by atoms with Crippen LogP contribution in [0.15, 0.2) is 10.9 Å². The summed E-state index contributed by atoms with van der Waals surface area (Å²) in [5.74, 6) is 1.34. The van der Waals surface area contributed by atoms with Crippen molar-refractivity contribution in [1.29, 1.82) is 0 Å². The fraction of sp³-hybridized carbons (Fsp3) is 0.636. The standard InChI is InChI=1S/C11H19N3O2/c1-4-9-12-10(7-11(16)13-9)14(3)6-5-8(2)15/h7-8,15H,4-6H2,1-3H3,(H,12,13,16). The fourth-order valence-corrected chi connectivity index (χ4v) is 1.35. The van der Waals surface area contributed by atoms with E-state index in [1.165, 1.54) is 6.07 Å². The monoisotopic (exact) mass is 225 g/mol. The van der Waals surface area contributed by atoms with Gasteiger partial charge in [-0.15, -0.1) is 0 Å². The summed E-state index contributed by atoms with van der Waals surface area (Å²) in [7, 11) is 1.86. The molecule has 5 heteroatoms. The highest BCUT2D eigenvalue weighted by Gasteiger charge is 2.06. The first-order chi connectivity index (χ1) is 7.52. The maximum atomic E-state index is 11.3. The zero-order valence-corrected chi connectivity index (χ0v) is 10.0. The average molecular weight is 225 g/mol. The van der Waals surface area contributed by atoms with Crippen LogP contribution in [0.1, 0.15) is 26.1 Å². The number of aromatic nitrogens is 2. The average Bonchev–Trinajstić information content (AvgIpc) is 2.24. The molecule has 1 aromatic rings. The fourth-order valence-electron chi connectivity index (χ4n) is 1.35. The van der Waals surface area contributed by atoms with Gasteiger partial charge in [0.15, 0.2) is 0 Å².